The molecule has 2 aromatic heterocycles. The lowest BCUT2D eigenvalue weighted by atomic mass is 9.91. The third kappa shape index (κ3) is 2.34. The van der Waals surface area contributed by atoms with Crippen LogP contribution in [0, 0.1) is 6.92 Å². The van der Waals surface area contributed by atoms with Crippen LogP contribution < -0.4 is 0 Å². The van der Waals surface area contributed by atoms with Crippen molar-refractivity contribution in [3.05, 3.63) is 41.6 Å². The van der Waals surface area contributed by atoms with Crippen LogP contribution in [0.3, 0.4) is 0 Å². The summed E-state index contributed by atoms with van der Waals surface area (Å²) in [5.74, 6) is 0.928. The molecule has 0 bridgehead atoms. The Morgan fingerprint density at radius 1 is 1.22 bits per heavy atom. The second-order valence-electron chi connectivity index (χ2n) is 5.63. The summed E-state index contributed by atoms with van der Waals surface area (Å²) in [6.07, 6.45) is 0. The number of hydrogen-bond acceptors (Lipinski definition) is 6. The fourth-order valence-electron chi connectivity index (χ4n) is 2.59. The molecule has 3 aromatic rings. The SMILES string of the molecule is COC1(c2ccc(-c3noc(-c4cc(C)[nH]n4)n3)cc2)COC1. The minimum atomic E-state index is -0.326. The zero-order valence-electron chi connectivity index (χ0n) is 12.9. The summed E-state index contributed by atoms with van der Waals surface area (Å²) in [6, 6.07) is 9.79. The van der Waals surface area contributed by atoms with Crippen LogP contribution in [0.15, 0.2) is 34.9 Å². The predicted molar refractivity (Wildman–Crippen MR) is 81.6 cm³/mol. The lowest BCUT2D eigenvalue weighted by molar-refractivity contribution is -0.202. The molecule has 3 heterocycles. The summed E-state index contributed by atoms with van der Waals surface area (Å²) >= 11 is 0. The molecule has 1 aliphatic rings. The predicted octanol–water partition coefficient (Wildman–Crippen LogP) is 2.31. The number of H-pyrrole nitrogens is 1. The van der Waals surface area contributed by atoms with Crippen molar-refractivity contribution in [2.45, 2.75) is 12.5 Å². The Bertz CT molecular complexity index is 812. The Morgan fingerprint density at radius 3 is 2.57 bits per heavy atom. The molecule has 1 saturated heterocycles. The highest BCUT2D eigenvalue weighted by Crippen LogP contribution is 2.34. The van der Waals surface area contributed by atoms with Crippen molar-refractivity contribution in [1.29, 1.82) is 0 Å². The van der Waals surface area contributed by atoms with Crippen molar-refractivity contribution in [2.24, 2.45) is 0 Å². The van der Waals surface area contributed by atoms with Gasteiger partial charge in [0.05, 0.1) is 13.2 Å². The van der Waals surface area contributed by atoms with Gasteiger partial charge in [-0.25, -0.2) is 0 Å². The highest BCUT2D eigenvalue weighted by Gasteiger charge is 2.40. The molecule has 0 radical (unpaired) electrons. The quantitative estimate of drug-likeness (QED) is 0.795. The average Bonchev–Trinajstić information content (AvgIpc) is 3.16. The summed E-state index contributed by atoms with van der Waals surface area (Å²) in [7, 11) is 1.70. The number of rotatable bonds is 4. The van der Waals surface area contributed by atoms with Gasteiger partial charge in [0, 0.05) is 18.4 Å². The number of hydrogen-bond donors (Lipinski definition) is 1. The van der Waals surface area contributed by atoms with E-state index in [1.165, 1.54) is 0 Å². The average molecular weight is 312 g/mol. The van der Waals surface area contributed by atoms with E-state index in [1.807, 2.05) is 37.3 Å². The van der Waals surface area contributed by atoms with Gasteiger partial charge in [-0.3, -0.25) is 5.10 Å². The van der Waals surface area contributed by atoms with Gasteiger partial charge in [0.15, 0.2) is 5.69 Å². The minimum absolute atomic E-state index is 0.326. The van der Waals surface area contributed by atoms with E-state index >= 15 is 0 Å². The van der Waals surface area contributed by atoms with E-state index in [1.54, 1.807) is 7.11 Å². The molecule has 7 nitrogen and oxygen atoms in total. The Labute approximate surface area is 132 Å². The van der Waals surface area contributed by atoms with Crippen LogP contribution in [0.25, 0.3) is 23.0 Å². The number of aryl methyl sites for hydroxylation is 1. The third-order valence-corrected chi connectivity index (χ3v) is 4.08. The first-order valence-corrected chi connectivity index (χ1v) is 7.30. The van der Waals surface area contributed by atoms with E-state index in [-0.39, 0.29) is 5.60 Å². The standard InChI is InChI=1S/C16H16N4O3/c1-10-7-13(19-18-10)15-17-14(20-23-15)11-3-5-12(6-4-11)16(21-2)8-22-9-16/h3-7H,8-9H2,1-2H3,(H,18,19). The summed E-state index contributed by atoms with van der Waals surface area (Å²) in [4.78, 5) is 4.39. The number of methoxy groups -OCH3 is 1. The minimum Gasteiger partial charge on any atom is -0.375 e. The maximum Gasteiger partial charge on any atom is 0.278 e. The van der Waals surface area contributed by atoms with E-state index in [2.05, 4.69) is 20.3 Å². The molecule has 118 valence electrons. The third-order valence-electron chi connectivity index (χ3n) is 4.08. The van der Waals surface area contributed by atoms with Crippen LogP contribution in [-0.4, -0.2) is 40.7 Å². The molecule has 7 heteroatoms. The highest BCUT2D eigenvalue weighted by molar-refractivity contribution is 5.58. The van der Waals surface area contributed by atoms with Crippen molar-refractivity contribution in [3.63, 3.8) is 0 Å². The number of nitrogens with zero attached hydrogens (tertiary/aromatic N) is 3. The molecule has 1 aromatic carbocycles. The van der Waals surface area contributed by atoms with E-state index in [0.29, 0.717) is 30.6 Å². The molecule has 1 aliphatic heterocycles. The lowest BCUT2D eigenvalue weighted by Crippen LogP contribution is -2.48. The molecular formula is C16H16N4O3. The second-order valence-corrected chi connectivity index (χ2v) is 5.63. The van der Waals surface area contributed by atoms with E-state index in [9.17, 15) is 0 Å². The molecule has 0 spiro atoms. The first-order chi connectivity index (χ1) is 11.2. The van der Waals surface area contributed by atoms with Gasteiger partial charge < -0.3 is 14.0 Å². The van der Waals surface area contributed by atoms with Gasteiger partial charge >= 0.3 is 0 Å². The van der Waals surface area contributed by atoms with Crippen molar-refractivity contribution in [1.82, 2.24) is 20.3 Å². The van der Waals surface area contributed by atoms with Gasteiger partial charge in [0.2, 0.25) is 5.82 Å². The van der Waals surface area contributed by atoms with Crippen LogP contribution in [0.1, 0.15) is 11.3 Å². The number of aromatic amines is 1. The Hall–Kier alpha value is -2.51. The molecule has 0 aliphatic carbocycles. The fourth-order valence-corrected chi connectivity index (χ4v) is 2.59. The maximum atomic E-state index is 5.58. The number of benzene rings is 1. The Balaban J connectivity index is 1.60. The van der Waals surface area contributed by atoms with Gasteiger partial charge in [0.1, 0.15) is 5.60 Å². The molecule has 0 amide bonds. The van der Waals surface area contributed by atoms with E-state index in [4.69, 9.17) is 14.0 Å². The lowest BCUT2D eigenvalue weighted by Gasteiger charge is -2.40. The highest BCUT2D eigenvalue weighted by atomic mass is 16.6. The molecule has 0 atom stereocenters. The van der Waals surface area contributed by atoms with Crippen molar-refractivity contribution in [2.75, 3.05) is 20.3 Å². The molecule has 0 saturated carbocycles. The van der Waals surface area contributed by atoms with E-state index in [0.717, 1.165) is 16.8 Å². The van der Waals surface area contributed by atoms with Gasteiger partial charge in [-0.2, -0.15) is 10.1 Å². The largest absolute Gasteiger partial charge is 0.375 e. The molecule has 1 N–H and O–H groups in total. The van der Waals surface area contributed by atoms with Gasteiger partial charge in [-0.15, -0.1) is 0 Å². The normalized spacial score (nSPS) is 16.3. The van der Waals surface area contributed by atoms with Crippen molar-refractivity contribution < 1.29 is 14.0 Å². The van der Waals surface area contributed by atoms with Crippen LogP contribution in [-0.2, 0) is 15.1 Å². The first-order valence-electron chi connectivity index (χ1n) is 7.30. The van der Waals surface area contributed by atoms with Gasteiger partial charge in [-0.1, -0.05) is 29.4 Å². The van der Waals surface area contributed by atoms with Gasteiger partial charge in [-0.05, 0) is 18.6 Å². The van der Waals surface area contributed by atoms with Crippen molar-refractivity contribution in [3.8, 4) is 23.0 Å². The smallest absolute Gasteiger partial charge is 0.278 e. The topological polar surface area (TPSA) is 86.1 Å². The van der Waals surface area contributed by atoms with E-state index < -0.39 is 0 Å². The van der Waals surface area contributed by atoms with Crippen LogP contribution in [0.5, 0.6) is 0 Å². The summed E-state index contributed by atoms with van der Waals surface area (Å²) in [6.45, 7) is 3.07. The van der Waals surface area contributed by atoms with Crippen LogP contribution in [0.2, 0.25) is 0 Å². The summed E-state index contributed by atoms with van der Waals surface area (Å²) in [5.41, 5.74) is 3.22. The zero-order valence-corrected chi connectivity index (χ0v) is 12.9. The number of aromatic nitrogens is 4. The molecule has 23 heavy (non-hydrogen) atoms. The number of nitrogens with one attached hydrogen (secondary N) is 1. The van der Waals surface area contributed by atoms with Crippen LogP contribution >= 0.6 is 0 Å². The molecular weight excluding hydrogens is 296 g/mol. The Kier molecular flexibility index (Phi) is 3.24. The zero-order chi connectivity index (χ0) is 15.9. The Morgan fingerprint density at radius 2 is 2.00 bits per heavy atom. The number of ether oxygens (including phenoxy) is 2. The maximum absolute atomic E-state index is 5.58. The van der Waals surface area contributed by atoms with Crippen LogP contribution in [0.4, 0.5) is 0 Å². The van der Waals surface area contributed by atoms with Crippen molar-refractivity contribution >= 4 is 0 Å². The van der Waals surface area contributed by atoms with Gasteiger partial charge in [0.25, 0.3) is 5.89 Å². The summed E-state index contributed by atoms with van der Waals surface area (Å²) in [5, 5.41) is 11.0. The summed E-state index contributed by atoms with van der Waals surface area (Å²) < 4.78 is 16.1. The monoisotopic (exact) mass is 312 g/mol. The molecule has 1 fully saturated rings. The fraction of sp³-hybridized carbons (Fsp3) is 0.312. The molecule has 4 rings (SSSR count). The molecule has 0 unspecified atom stereocenters. The second kappa shape index (κ2) is 5.29. The first kappa shape index (κ1) is 14.1.